The van der Waals surface area contributed by atoms with E-state index in [2.05, 4.69) is 31.3 Å². The molecule has 1 aromatic carbocycles. The molecule has 1 amide bonds. The lowest BCUT2D eigenvalue weighted by Crippen LogP contribution is -2.37. The molecule has 1 aliphatic heterocycles. The van der Waals surface area contributed by atoms with Crippen molar-refractivity contribution < 1.29 is 13.2 Å². The summed E-state index contributed by atoms with van der Waals surface area (Å²) in [6.07, 6.45) is 0.662. The minimum atomic E-state index is -2.87. The second-order valence-corrected chi connectivity index (χ2v) is 9.88. The molecule has 1 fully saturated rings. The molecule has 22 heavy (non-hydrogen) atoms. The third-order valence-corrected chi connectivity index (χ3v) is 7.21. The molecule has 0 unspecified atom stereocenters. The van der Waals surface area contributed by atoms with Crippen LogP contribution < -0.4 is 5.32 Å². The lowest BCUT2D eigenvalue weighted by Gasteiger charge is -2.25. The van der Waals surface area contributed by atoms with Gasteiger partial charge in [-0.05, 0) is 12.0 Å². The molecule has 0 spiro atoms. The topological polar surface area (TPSA) is 63.2 Å². The van der Waals surface area contributed by atoms with Crippen LogP contribution in [0.25, 0.3) is 0 Å². The normalized spacial score (nSPS) is 20.7. The van der Waals surface area contributed by atoms with Crippen LogP contribution in [0.2, 0.25) is 0 Å². The SMILES string of the molecule is CC(C)(CNC(=O)CS[C@@H]1CCS(=O)(=O)C1)c1ccccc1. The van der Waals surface area contributed by atoms with Gasteiger partial charge in [0.2, 0.25) is 5.91 Å². The number of thioether (sulfide) groups is 1. The zero-order valence-electron chi connectivity index (χ0n) is 13.0. The van der Waals surface area contributed by atoms with Crippen LogP contribution in [0.4, 0.5) is 0 Å². The average molecular weight is 341 g/mol. The Kier molecular flexibility index (Phi) is 5.55. The summed E-state index contributed by atoms with van der Waals surface area (Å²) in [6.45, 7) is 4.76. The second-order valence-electron chi connectivity index (χ2n) is 6.36. The third-order valence-electron chi connectivity index (χ3n) is 3.92. The predicted octanol–water partition coefficient (Wildman–Crippen LogP) is 2.00. The van der Waals surface area contributed by atoms with Gasteiger partial charge in [0.1, 0.15) is 0 Å². The summed E-state index contributed by atoms with van der Waals surface area (Å²) in [5.74, 6) is 0.761. The highest BCUT2D eigenvalue weighted by Crippen LogP contribution is 2.24. The number of sulfone groups is 1. The molecule has 1 aromatic rings. The van der Waals surface area contributed by atoms with Gasteiger partial charge in [0.05, 0.1) is 17.3 Å². The largest absolute Gasteiger partial charge is 0.355 e. The van der Waals surface area contributed by atoms with Gasteiger partial charge in [0, 0.05) is 17.2 Å². The summed E-state index contributed by atoms with van der Waals surface area (Å²) < 4.78 is 22.8. The molecule has 1 N–H and O–H groups in total. The fraction of sp³-hybridized carbons (Fsp3) is 0.562. The summed E-state index contributed by atoms with van der Waals surface area (Å²) in [4.78, 5) is 12.0. The second kappa shape index (κ2) is 7.04. The van der Waals surface area contributed by atoms with Crippen molar-refractivity contribution >= 4 is 27.5 Å². The lowest BCUT2D eigenvalue weighted by molar-refractivity contribution is -0.118. The molecular weight excluding hydrogens is 318 g/mol. The first-order valence-electron chi connectivity index (χ1n) is 7.43. The molecule has 1 saturated heterocycles. The average Bonchev–Trinajstić information content (AvgIpc) is 2.83. The number of amides is 1. The minimum absolute atomic E-state index is 0.0293. The molecule has 0 aromatic heterocycles. The molecule has 0 bridgehead atoms. The molecule has 0 saturated carbocycles. The molecule has 1 atom stereocenters. The minimum Gasteiger partial charge on any atom is -0.355 e. The van der Waals surface area contributed by atoms with E-state index in [0.29, 0.717) is 18.7 Å². The van der Waals surface area contributed by atoms with E-state index >= 15 is 0 Å². The van der Waals surface area contributed by atoms with Crippen LogP contribution in [0.5, 0.6) is 0 Å². The maximum atomic E-state index is 12.0. The quantitative estimate of drug-likeness (QED) is 0.860. The van der Waals surface area contributed by atoms with Crippen molar-refractivity contribution in [3.8, 4) is 0 Å². The predicted molar refractivity (Wildman–Crippen MR) is 92.0 cm³/mol. The number of hydrogen-bond acceptors (Lipinski definition) is 4. The fourth-order valence-electron chi connectivity index (χ4n) is 2.45. The molecule has 0 radical (unpaired) electrons. The van der Waals surface area contributed by atoms with E-state index in [1.807, 2.05) is 18.2 Å². The van der Waals surface area contributed by atoms with Crippen LogP contribution >= 0.6 is 11.8 Å². The molecule has 1 heterocycles. The van der Waals surface area contributed by atoms with E-state index in [4.69, 9.17) is 0 Å². The van der Waals surface area contributed by atoms with Crippen LogP contribution in [0, 0.1) is 0 Å². The first-order valence-corrected chi connectivity index (χ1v) is 10.3. The van der Waals surface area contributed by atoms with Crippen LogP contribution in [0.3, 0.4) is 0 Å². The van der Waals surface area contributed by atoms with E-state index < -0.39 is 9.84 Å². The Bertz CT molecular complexity index is 612. The van der Waals surface area contributed by atoms with Crippen LogP contribution in [-0.4, -0.2) is 43.4 Å². The van der Waals surface area contributed by atoms with Gasteiger partial charge in [-0.25, -0.2) is 8.42 Å². The van der Waals surface area contributed by atoms with Crippen molar-refractivity contribution in [2.45, 2.75) is 30.9 Å². The highest BCUT2D eigenvalue weighted by Gasteiger charge is 2.28. The van der Waals surface area contributed by atoms with Crippen molar-refractivity contribution in [3.05, 3.63) is 35.9 Å². The van der Waals surface area contributed by atoms with Gasteiger partial charge in [0.25, 0.3) is 0 Å². The molecule has 2 rings (SSSR count). The van der Waals surface area contributed by atoms with E-state index in [0.717, 1.165) is 0 Å². The molecule has 6 heteroatoms. The summed E-state index contributed by atoms with van der Waals surface area (Å²) >= 11 is 1.45. The summed E-state index contributed by atoms with van der Waals surface area (Å²) in [6, 6.07) is 10.1. The Balaban J connectivity index is 1.76. The zero-order valence-corrected chi connectivity index (χ0v) is 14.7. The van der Waals surface area contributed by atoms with Gasteiger partial charge >= 0.3 is 0 Å². The monoisotopic (exact) mass is 341 g/mol. The molecule has 122 valence electrons. The molecular formula is C16H23NO3S2. The van der Waals surface area contributed by atoms with Crippen molar-refractivity contribution in [1.82, 2.24) is 5.32 Å². The van der Waals surface area contributed by atoms with E-state index in [1.54, 1.807) is 0 Å². The van der Waals surface area contributed by atoms with Gasteiger partial charge in [-0.1, -0.05) is 44.2 Å². The number of carbonyl (C=O) groups excluding carboxylic acids is 1. The number of carbonyl (C=O) groups is 1. The Labute approximate surface area is 137 Å². The fourth-order valence-corrected chi connectivity index (χ4v) is 5.92. The molecule has 4 nitrogen and oxygen atoms in total. The van der Waals surface area contributed by atoms with Crippen LogP contribution in [0.15, 0.2) is 30.3 Å². The Morgan fingerprint density at radius 1 is 1.32 bits per heavy atom. The Morgan fingerprint density at radius 2 is 2.00 bits per heavy atom. The highest BCUT2D eigenvalue weighted by atomic mass is 32.2. The first-order chi connectivity index (χ1) is 10.3. The first kappa shape index (κ1) is 17.3. The maximum Gasteiger partial charge on any atom is 0.230 e. The number of rotatable bonds is 6. The highest BCUT2D eigenvalue weighted by molar-refractivity contribution is 8.02. The van der Waals surface area contributed by atoms with Crippen molar-refractivity contribution in [2.24, 2.45) is 0 Å². The number of nitrogens with one attached hydrogen (secondary N) is 1. The summed E-state index contributed by atoms with van der Waals surface area (Å²) in [7, 11) is -2.87. The Hall–Kier alpha value is -1.01. The van der Waals surface area contributed by atoms with Crippen LogP contribution in [-0.2, 0) is 20.0 Å². The van der Waals surface area contributed by atoms with E-state index in [9.17, 15) is 13.2 Å². The smallest absolute Gasteiger partial charge is 0.230 e. The standard InChI is InChI=1S/C16H23NO3S2/c1-16(2,13-6-4-3-5-7-13)12-17-15(18)10-21-14-8-9-22(19,20)11-14/h3-7,14H,8-12H2,1-2H3,(H,17,18)/t14-/m1/s1. The van der Waals surface area contributed by atoms with Gasteiger partial charge in [-0.15, -0.1) is 11.8 Å². The lowest BCUT2D eigenvalue weighted by atomic mass is 9.85. The Morgan fingerprint density at radius 3 is 2.59 bits per heavy atom. The maximum absolute atomic E-state index is 12.0. The summed E-state index contributed by atoms with van der Waals surface area (Å²) in [5.41, 5.74) is 1.06. The number of hydrogen-bond donors (Lipinski definition) is 1. The molecule has 0 aliphatic carbocycles. The van der Waals surface area contributed by atoms with Gasteiger partial charge in [-0.3, -0.25) is 4.79 Å². The zero-order chi connectivity index (χ0) is 16.2. The van der Waals surface area contributed by atoms with Gasteiger partial charge < -0.3 is 5.32 Å². The van der Waals surface area contributed by atoms with Crippen molar-refractivity contribution in [2.75, 3.05) is 23.8 Å². The number of benzene rings is 1. The van der Waals surface area contributed by atoms with Crippen molar-refractivity contribution in [1.29, 1.82) is 0 Å². The van der Waals surface area contributed by atoms with Crippen molar-refractivity contribution in [3.63, 3.8) is 0 Å². The molecule has 1 aliphatic rings. The van der Waals surface area contributed by atoms with Gasteiger partial charge in [0.15, 0.2) is 9.84 Å². The van der Waals surface area contributed by atoms with E-state index in [1.165, 1.54) is 17.3 Å². The third kappa shape index (κ3) is 5.02. The summed E-state index contributed by atoms with van der Waals surface area (Å²) in [5, 5.41) is 3.02. The van der Waals surface area contributed by atoms with E-state index in [-0.39, 0.29) is 28.1 Å². The van der Waals surface area contributed by atoms with Gasteiger partial charge in [-0.2, -0.15) is 0 Å². The van der Waals surface area contributed by atoms with Crippen LogP contribution in [0.1, 0.15) is 25.8 Å².